The van der Waals surface area contributed by atoms with E-state index in [0.29, 0.717) is 16.5 Å². The zero-order valence-electron chi connectivity index (χ0n) is 17.0. The van der Waals surface area contributed by atoms with Crippen LogP contribution in [0.3, 0.4) is 0 Å². The Kier molecular flexibility index (Phi) is 6.65. The summed E-state index contributed by atoms with van der Waals surface area (Å²) in [5, 5.41) is 1.58. The van der Waals surface area contributed by atoms with Gasteiger partial charge in [-0.15, -0.1) is 0 Å². The number of hydrogen-bond donors (Lipinski definition) is 1. The van der Waals surface area contributed by atoms with Gasteiger partial charge in [0.2, 0.25) is 10.0 Å². The summed E-state index contributed by atoms with van der Waals surface area (Å²) in [5.74, 6) is 1.29. The molecule has 2 aliphatic rings. The summed E-state index contributed by atoms with van der Waals surface area (Å²) in [6.45, 7) is 0.130. The Bertz CT molecular complexity index is 961. The third-order valence-corrected chi connectivity index (χ3v) is 7.87. The van der Waals surface area contributed by atoms with Crippen molar-refractivity contribution in [3.8, 4) is 11.5 Å². The molecule has 8 heteroatoms. The van der Waals surface area contributed by atoms with Gasteiger partial charge in [-0.1, -0.05) is 43.0 Å². The molecule has 0 radical (unpaired) electrons. The number of nitrogens with zero attached hydrogens (tertiary/aromatic N) is 1. The number of rotatable bonds is 6. The molecule has 0 spiro atoms. The largest absolute Gasteiger partial charge is 0.457 e. The van der Waals surface area contributed by atoms with Crippen LogP contribution in [0.4, 0.5) is 0 Å². The lowest BCUT2D eigenvalue weighted by Gasteiger charge is -2.27. The van der Waals surface area contributed by atoms with Gasteiger partial charge in [0.15, 0.2) is 0 Å². The second kappa shape index (κ2) is 9.24. The van der Waals surface area contributed by atoms with Gasteiger partial charge < -0.3 is 4.74 Å². The molecule has 1 N–H and O–H groups in total. The summed E-state index contributed by atoms with van der Waals surface area (Å²) < 4.78 is 35.2. The molecule has 4 rings (SSSR count). The van der Waals surface area contributed by atoms with Crippen molar-refractivity contribution < 1.29 is 18.0 Å². The zero-order chi connectivity index (χ0) is 21.1. The van der Waals surface area contributed by atoms with Crippen LogP contribution in [0.2, 0.25) is 5.02 Å². The normalized spacial score (nSPS) is 23.5. The third kappa shape index (κ3) is 4.98. The fourth-order valence-electron chi connectivity index (χ4n) is 4.22. The van der Waals surface area contributed by atoms with E-state index in [-0.39, 0.29) is 12.6 Å². The summed E-state index contributed by atoms with van der Waals surface area (Å²) in [7, 11) is -1.77. The average Bonchev–Trinajstić information content (AvgIpc) is 3.13. The molecule has 0 unspecified atom stereocenters. The van der Waals surface area contributed by atoms with E-state index >= 15 is 0 Å². The van der Waals surface area contributed by atoms with Gasteiger partial charge in [0.1, 0.15) is 16.7 Å². The van der Waals surface area contributed by atoms with Gasteiger partial charge in [0, 0.05) is 18.1 Å². The molecule has 6 nitrogen and oxygen atoms in total. The van der Waals surface area contributed by atoms with Crippen molar-refractivity contribution in [3.63, 3.8) is 0 Å². The minimum absolute atomic E-state index is 0.0230. The van der Waals surface area contributed by atoms with E-state index in [1.165, 1.54) is 6.42 Å². The number of hydroxylamine groups is 2. The lowest BCUT2D eigenvalue weighted by Crippen LogP contribution is -2.44. The average molecular weight is 451 g/mol. The smallest absolute Gasteiger partial charge is 0.219 e. The Morgan fingerprint density at radius 3 is 2.53 bits per heavy atom. The number of benzene rings is 2. The lowest BCUT2D eigenvalue weighted by molar-refractivity contribution is -0.110. The van der Waals surface area contributed by atoms with Crippen molar-refractivity contribution in [2.24, 2.45) is 0 Å². The van der Waals surface area contributed by atoms with Crippen LogP contribution in [0.5, 0.6) is 11.5 Å². The van der Waals surface area contributed by atoms with Gasteiger partial charge in [0.25, 0.3) is 0 Å². The monoisotopic (exact) mass is 450 g/mol. The minimum atomic E-state index is -3.54. The van der Waals surface area contributed by atoms with E-state index in [1.807, 2.05) is 24.3 Å². The fourth-order valence-corrected chi connectivity index (χ4v) is 6.13. The molecule has 0 aromatic heterocycles. The summed E-state index contributed by atoms with van der Waals surface area (Å²) in [4.78, 5) is 5.64. The molecule has 1 saturated carbocycles. The summed E-state index contributed by atoms with van der Waals surface area (Å²) in [6.07, 6.45) is 5.12. The zero-order valence-corrected chi connectivity index (χ0v) is 18.5. The van der Waals surface area contributed by atoms with E-state index in [2.05, 4.69) is 4.72 Å². The molecule has 1 aliphatic heterocycles. The van der Waals surface area contributed by atoms with Crippen molar-refractivity contribution in [2.45, 2.75) is 49.4 Å². The van der Waals surface area contributed by atoms with Crippen LogP contribution in [-0.4, -0.2) is 38.4 Å². The van der Waals surface area contributed by atoms with Crippen LogP contribution in [0.15, 0.2) is 48.5 Å². The molecule has 2 aromatic rings. The molecule has 30 heavy (non-hydrogen) atoms. The molecular weight excluding hydrogens is 424 g/mol. The number of halogens is 1. The van der Waals surface area contributed by atoms with Crippen LogP contribution in [0, 0.1) is 0 Å². The summed E-state index contributed by atoms with van der Waals surface area (Å²) >= 11 is 5.93. The van der Waals surface area contributed by atoms with Crippen molar-refractivity contribution in [2.75, 3.05) is 13.7 Å². The number of ether oxygens (including phenoxy) is 1. The number of sulfonamides is 1. The predicted octanol–water partition coefficient (Wildman–Crippen LogP) is 4.67. The topological polar surface area (TPSA) is 67.9 Å². The van der Waals surface area contributed by atoms with Gasteiger partial charge in [-0.05, 0) is 54.8 Å². The Balaban J connectivity index is 1.54. The second-order valence-electron chi connectivity index (χ2n) is 7.95. The summed E-state index contributed by atoms with van der Waals surface area (Å²) in [6, 6.07) is 14.2. The van der Waals surface area contributed by atoms with E-state index in [0.717, 1.165) is 31.2 Å². The van der Waals surface area contributed by atoms with Gasteiger partial charge in [-0.3, -0.25) is 4.84 Å². The number of hydrogen-bond acceptors (Lipinski definition) is 5. The highest BCUT2D eigenvalue weighted by Gasteiger charge is 2.44. The fraction of sp³-hybridized carbons (Fsp3) is 0.455. The maximum Gasteiger partial charge on any atom is 0.219 e. The predicted molar refractivity (Wildman–Crippen MR) is 117 cm³/mol. The molecule has 1 saturated heterocycles. The first kappa shape index (κ1) is 21.6. The molecular formula is C22H27ClN2O4S. The molecule has 1 aliphatic carbocycles. The van der Waals surface area contributed by atoms with Crippen LogP contribution in [0.25, 0.3) is 0 Å². The van der Waals surface area contributed by atoms with Crippen molar-refractivity contribution in [1.29, 1.82) is 0 Å². The Hall–Kier alpha value is -1.64. The Labute approximate surface area is 183 Å². The molecule has 2 fully saturated rings. The van der Waals surface area contributed by atoms with E-state index in [4.69, 9.17) is 21.2 Å². The SMILES string of the molecule is CN1OC[C@@H](S(=O)(=O)NC2CCCCC2)[C@@H]1c1cccc(Oc2ccc(Cl)cc2)c1. The third-order valence-electron chi connectivity index (χ3n) is 5.77. The van der Waals surface area contributed by atoms with Crippen LogP contribution in [0.1, 0.15) is 43.7 Å². The highest BCUT2D eigenvalue weighted by molar-refractivity contribution is 7.90. The van der Waals surface area contributed by atoms with Gasteiger partial charge in [-0.2, -0.15) is 5.06 Å². The van der Waals surface area contributed by atoms with E-state index < -0.39 is 21.3 Å². The first-order valence-electron chi connectivity index (χ1n) is 10.3. The lowest BCUT2D eigenvalue weighted by atomic mass is 9.96. The second-order valence-corrected chi connectivity index (χ2v) is 10.3. The maximum atomic E-state index is 13.2. The van der Waals surface area contributed by atoms with Crippen LogP contribution < -0.4 is 9.46 Å². The Morgan fingerprint density at radius 2 is 1.80 bits per heavy atom. The first-order valence-corrected chi connectivity index (χ1v) is 12.2. The molecule has 0 amide bonds. The van der Waals surface area contributed by atoms with Crippen molar-refractivity contribution in [1.82, 2.24) is 9.79 Å². The standard InChI is InChI=1S/C22H27ClN2O4S/c1-25-22(21(15-28-25)30(26,27)24-18-7-3-2-4-8-18)16-6-5-9-20(14-16)29-19-12-10-17(23)11-13-19/h5-6,9-14,18,21-22,24H,2-4,7-8,15H2,1H3/t21-,22+/m1/s1. The van der Waals surface area contributed by atoms with Gasteiger partial charge in [0.05, 0.1) is 12.6 Å². The van der Waals surface area contributed by atoms with E-state index in [1.54, 1.807) is 36.4 Å². The molecule has 1 heterocycles. The highest BCUT2D eigenvalue weighted by Crippen LogP contribution is 2.36. The Morgan fingerprint density at radius 1 is 1.07 bits per heavy atom. The van der Waals surface area contributed by atoms with Crippen LogP contribution in [-0.2, 0) is 14.9 Å². The summed E-state index contributed by atoms with van der Waals surface area (Å²) in [5.41, 5.74) is 0.834. The van der Waals surface area contributed by atoms with Crippen molar-refractivity contribution >= 4 is 21.6 Å². The molecule has 2 atom stereocenters. The minimum Gasteiger partial charge on any atom is -0.457 e. The van der Waals surface area contributed by atoms with E-state index in [9.17, 15) is 8.42 Å². The highest BCUT2D eigenvalue weighted by atomic mass is 35.5. The maximum absolute atomic E-state index is 13.2. The molecule has 0 bridgehead atoms. The van der Waals surface area contributed by atoms with Gasteiger partial charge in [-0.25, -0.2) is 13.1 Å². The quantitative estimate of drug-likeness (QED) is 0.692. The molecule has 2 aromatic carbocycles. The molecule has 162 valence electrons. The van der Waals surface area contributed by atoms with Crippen molar-refractivity contribution in [3.05, 3.63) is 59.1 Å². The van der Waals surface area contributed by atoms with Crippen LogP contribution >= 0.6 is 11.6 Å². The number of nitrogens with one attached hydrogen (secondary N) is 1. The van der Waals surface area contributed by atoms with Gasteiger partial charge >= 0.3 is 0 Å². The first-order chi connectivity index (χ1) is 14.4.